The topological polar surface area (TPSA) is 85.0 Å². The van der Waals surface area contributed by atoms with E-state index in [9.17, 15) is 0 Å². The third kappa shape index (κ3) is 10.8. The maximum atomic E-state index is 8.36. The van der Waals surface area contributed by atoms with Crippen molar-refractivity contribution >= 4 is 6.40 Å². The minimum Gasteiger partial charge on any atom is -0.482 e. The van der Waals surface area contributed by atoms with Gasteiger partial charge in [0.25, 0.3) is 5.09 Å². The maximum Gasteiger partial charge on any atom is 0.291 e. The number of ether oxygens (including phenoxy) is 1. The minimum atomic E-state index is -1.50. The SMILES string of the molecule is C1=NCCO1.O=[N+]([O-])O. The molecular weight excluding hydrogens is 128 g/mol. The first-order chi connectivity index (χ1) is 4.23. The van der Waals surface area contributed by atoms with Crippen LogP contribution >= 0.6 is 0 Å². The monoisotopic (exact) mass is 134 g/mol. The number of rotatable bonds is 0. The second-order valence-corrected chi connectivity index (χ2v) is 1.12. The molecule has 9 heavy (non-hydrogen) atoms. The first kappa shape index (κ1) is 7.67. The summed E-state index contributed by atoms with van der Waals surface area (Å²) in [5.41, 5.74) is 0. The van der Waals surface area contributed by atoms with E-state index < -0.39 is 5.09 Å². The zero-order chi connectivity index (χ0) is 7.11. The van der Waals surface area contributed by atoms with Crippen molar-refractivity contribution in [3.05, 3.63) is 10.1 Å². The van der Waals surface area contributed by atoms with Crippen molar-refractivity contribution in [3.8, 4) is 0 Å². The molecule has 6 nitrogen and oxygen atoms in total. The molecule has 0 saturated heterocycles. The lowest BCUT2D eigenvalue weighted by Gasteiger charge is -1.76. The van der Waals surface area contributed by atoms with E-state index in [2.05, 4.69) is 9.73 Å². The third-order valence-electron chi connectivity index (χ3n) is 0.487. The van der Waals surface area contributed by atoms with Gasteiger partial charge in [0.15, 0.2) is 6.40 Å². The van der Waals surface area contributed by atoms with Gasteiger partial charge >= 0.3 is 0 Å². The van der Waals surface area contributed by atoms with Crippen molar-refractivity contribution in [1.29, 1.82) is 0 Å². The molecular formula is C3H6N2O4. The molecule has 1 heterocycles. The molecule has 0 spiro atoms. The Labute approximate surface area is 50.9 Å². The first-order valence-electron chi connectivity index (χ1n) is 2.16. The zero-order valence-electron chi connectivity index (χ0n) is 4.56. The smallest absolute Gasteiger partial charge is 0.291 e. The highest BCUT2D eigenvalue weighted by Crippen LogP contribution is 1.78. The predicted octanol–water partition coefficient (Wildman–Crippen LogP) is -0.303. The van der Waals surface area contributed by atoms with Crippen LogP contribution in [0.5, 0.6) is 0 Å². The molecule has 0 atom stereocenters. The van der Waals surface area contributed by atoms with Crippen molar-refractivity contribution in [2.75, 3.05) is 13.2 Å². The van der Waals surface area contributed by atoms with Gasteiger partial charge in [0.1, 0.15) is 6.61 Å². The molecule has 0 radical (unpaired) electrons. The van der Waals surface area contributed by atoms with Crippen molar-refractivity contribution < 1.29 is 15.0 Å². The number of aliphatic imine (C=N–C) groups is 1. The number of hydrogen-bond donors (Lipinski definition) is 1. The largest absolute Gasteiger partial charge is 0.482 e. The minimum absolute atomic E-state index is 0.778. The van der Waals surface area contributed by atoms with Gasteiger partial charge in [0.2, 0.25) is 0 Å². The van der Waals surface area contributed by atoms with E-state index in [1.54, 1.807) is 0 Å². The van der Waals surface area contributed by atoms with Crippen LogP contribution in [0.3, 0.4) is 0 Å². The van der Waals surface area contributed by atoms with Crippen LogP contribution in [-0.2, 0) is 4.74 Å². The Kier molecular flexibility index (Phi) is 4.11. The highest BCUT2D eigenvalue weighted by atomic mass is 16.9. The molecule has 1 aliphatic heterocycles. The van der Waals surface area contributed by atoms with Gasteiger partial charge in [-0.25, -0.2) is 0 Å². The molecule has 1 aliphatic rings. The maximum absolute atomic E-state index is 8.36. The van der Waals surface area contributed by atoms with Crippen LogP contribution in [0.1, 0.15) is 0 Å². The van der Waals surface area contributed by atoms with Crippen LogP contribution < -0.4 is 0 Å². The van der Waals surface area contributed by atoms with Crippen molar-refractivity contribution in [2.24, 2.45) is 4.99 Å². The highest BCUT2D eigenvalue weighted by molar-refractivity contribution is 5.47. The molecule has 52 valence electrons. The Morgan fingerprint density at radius 1 is 1.89 bits per heavy atom. The summed E-state index contributed by atoms with van der Waals surface area (Å²) < 4.78 is 4.65. The lowest BCUT2D eigenvalue weighted by Crippen LogP contribution is -1.81. The zero-order valence-corrected chi connectivity index (χ0v) is 4.56. The second-order valence-electron chi connectivity index (χ2n) is 1.12. The summed E-state index contributed by atoms with van der Waals surface area (Å²) in [4.78, 5) is 12.1. The van der Waals surface area contributed by atoms with Gasteiger partial charge in [0.05, 0.1) is 6.54 Å². The van der Waals surface area contributed by atoms with E-state index in [-0.39, 0.29) is 0 Å². The normalized spacial score (nSPS) is 13.3. The van der Waals surface area contributed by atoms with E-state index in [1.165, 1.54) is 6.40 Å². The Bertz CT molecular complexity index is 102. The van der Waals surface area contributed by atoms with Crippen LogP contribution in [0.2, 0.25) is 0 Å². The molecule has 0 aliphatic carbocycles. The Balaban J connectivity index is 0.000000148. The molecule has 1 rings (SSSR count). The van der Waals surface area contributed by atoms with Crippen LogP contribution in [-0.4, -0.2) is 29.8 Å². The van der Waals surface area contributed by atoms with Crippen molar-refractivity contribution in [2.45, 2.75) is 0 Å². The molecule has 0 bridgehead atoms. The first-order valence-corrected chi connectivity index (χ1v) is 2.16. The molecule has 0 saturated carbocycles. The predicted molar refractivity (Wildman–Crippen MR) is 28.1 cm³/mol. The average molecular weight is 134 g/mol. The van der Waals surface area contributed by atoms with Crippen molar-refractivity contribution in [1.82, 2.24) is 0 Å². The molecule has 0 fully saturated rings. The average Bonchev–Trinajstić information content (AvgIpc) is 2.11. The molecule has 0 aromatic heterocycles. The fourth-order valence-corrected chi connectivity index (χ4v) is 0.264. The Morgan fingerprint density at radius 3 is 2.56 bits per heavy atom. The molecule has 6 heteroatoms. The standard InChI is InChI=1S/C3H5NO.HNO3/c1-2-5-3-4-1;2-1(3)4/h3H,1-2H2;(H,2,3,4). The lowest BCUT2D eigenvalue weighted by atomic mass is 10.8. The van der Waals surface area contributed by atoms with Gasteiger partial charge in [-0.3, -0.25) is 4.99 Å². The van der Waals surface area contributed by atoms with E-state index >= 15 is 0 Å². The van der Waals surface area contributed by atoms with Gasteiger partial charge in [-0.1, -0.05) is 0 Å². The summed E-state index contributed by atoms with van der Waals surface area (Å²) in [5.74, 6) is 0. The second kappa shape index (κ2) is 4.82. The van der Waals surface area contributed by atoms with Gasteiger partial charge in [-0.05, 0) is 0 Å². The van der Waals surface area contributed by atoms with E-state index in [4.69, 9.17) is 15.3 Å². The van der Waals surface area contributed by atoms with Crippen LogP contribution in [0.25, 0.3) is 0 Å². The van der Waals surface area contributed by atoms with E-state index in [1.807, 2.05) is 0 Å². The molecule has 0 unspecified atom stereocenters. The van der Waals surface area contributed by atoms with Gasteiger partial charge in [-0.2, -0.15) is 0 Å². The summed E-state index contributed by atoms with van der Waals surface area (Å²) >= 11 is 0. The van der Waals surface area contributed by atoms with Gasteiger partial charge in [-0.15, -0.1) is 10.1 Å². The Morgan fingerprint density at radius 2 is 2.44 bits per heavy atom. The van der Waals surface area contributed by atoms with E-state index in [0.717, 1.165) is 13.2 Å². The molecule has 1 N–H and O–H groups in total. The Hall–Kier alpha value is -1.33. The quantitative estimate of drug-likeness (QED) is 0.364. The van der Waals surface area contributed by atoms with Gasteiger partial charge < -0.3 is 9.94 Å². The van der Waals surface area contributed by atoms with Crippen LogP contribution in [0.4, 0.5) is 0 Å². The van der Waals surface area contributed by atoms with Crippen LogP contribution in [0.15, 0.2) is 4.99 Å². The van der Waals surface area contributed by atoms with E-state index in [0.29, 0.717) is 0 Å². The van der Waals surface area contributed by atoms with Crippen molar-refractivity contribution in [3.63, 3.8) is 0 Å². The fraction of sp³-hybridized carbons (Fsp3) is 0.667. The summed E-state index contributed by atoms with van der Waals surface area (Å²) in [6, 6.07) is 0. The summed E-state index contributed by atoms with van der Waals surface area (Å²) in [6.07, 6.45) is 1.49. The summed E-state index contributed by atoms with van der Waals surface area (Å²) in [6.45, 7) is 1.62. The third-order valence-corrected chi connectivity index (χ3v) is 0.487. The molecule has 0 amide bonds. The molecule has 0 aromatic carbocycles. The molecule has 0 aromatic rings. The lowest BCUT2D eigenvalue weighted by molar-refractivity contribution is -0.742. The summed E-state index contributed by atoms with van der Waals surface area (Å²) in [5, 5.41) is 13.6. The summed E-state index contributed by atoms with van der Waals surface area (Å²) in [7, 11) is 0. The van der Waals surface area contributed by atoms with Crippen LogP contribution in [0, 0.1) is 10.1 Å². The van der Waals surface area contributed by atoms with Gasteiger partial charge in [0, 0.05) is 0 Å². The highest BCUT2D eigenvalue weighted by Gasteiger charge is 1.84. The fourth-order valence-electron chi connectivity index (χ4n) is 0.264. The number of nitrogens with zero attached hydrogens (tertiary/aromatic N) is 2. The number of hydrogen-bond acceptors (Lipinski definition) is 4.